The molecule has 0 spiro atoms. The zero-order valence-corrected chi connectivity index (χ0v) is 14.5. The zero-order valence-electron chi connectivity index (χ0n) is 12.3. The van der Waals surface area contributed by atoms with E-state index in [1.807, 2.05) is 29.5 Å². The molecule has 1 aromatic carbocycles. The van der Waals surface area contributed by atoms with Crippen molar-refractivity contribution in [2.24, 2.45) is 0 Å². The Balaban J connectivity index is 2.43. The van der Waals surface area contributed by atoms with Crippen LogP contribution in [0.25, 0.3) is 11.3 Å². The smallest absolute Gasteiger partial charge is 0.264 e. The molecule has 2 rings (SSSR count). The van der Waals surface area contributed by atoms with Crippen LogP contribution in [0, 0.1) is 21.2 Å². The maximum Gasteiger partial charge on any atom is 0.264 e. The Bertz CT molecular complexity index is 803. The highest BCUT2D eigenvalue weighted by Crippen LogP contribution is 2.26. The highest BCUT2D eigenvalue weighted by molar-refractivity contribution is 14.1. The first-order valence-corrected chi connectivity index (χ1v) is 7.88. The zero-order chi connectivity index (χ0) is 16.1. The molecule has 0 amide bonds. The maximum atomic E-state index is 14.4. The van der Waals surface area contributed by atoms with Gasteiger partial charge in [0.05, 0.1) is 9.26 Å². The van der Waals surface area contributed by atoms with Crippen molar-refractivity contribution in [3.63, 3.8) is 0 Å². The lowest BCUT2D eigenvalue weighted by Gasteiger charge is -2.13. The van der Waals surface area contributed by atoms with Gasteiger partial charge in [-0.3, -0.25) is 4.79 Å². The minimum Gasteiger partial charge on any atom is -0.481 e. The van der Waals surface area contributed by atoms with Gasteiger partial charge in [-0.15, -0.1) is 5.92 Å². The number of nitrogens with zero attached hydrogens (tertiary/aromatic N) is 1. The summed E-state index contributed by atoms with van der Waals surface area (Å²) in [5.41, 5.74) is 0.827. The molecule has 0 saturated carbocycles. The van der Waals surface area contributed by atoms with Crippen molar-refractivity contribution in [2.45, 2.75) is 20.4 Å². The first kappa shape index (κ1) is 16.6. The molecule has 0 aliphatic carbocycles. The molecule has 0 aliphatic rings. The predicted molar refractivity (Wildman–Crippen MR) is 93.4 cm³/mol. The molecule has 0 bridgehead atoms. The summed E-state index contributed by atoms with van der Waals surface area (Å²) in [6, 6.07) is 8.07. The summed E-state index contributed by atoms with van der Waals surface area (Å²) in [4.78, 5) is 12.1. The summed E-state index contributed by atoms with van der Waals surface area (Å²) in [5, 5.41) is 0. The van der Waals surface area contributed by atoms with Crippen LogP contribution in [0.2, 0.25) is 0 Å². The molecule has 1 heterocycles. The summed E-state index contributed by atoms with van der Waals surface area (Å²) in [5.74, 6) is 5.45. The van der Waals surface area contributed by atoms with Crippen molar-refractivity contribution in [3.05, 3.63) is 50.1 Å². The number of hydrogen-bond donors (Lipinski definition) is 0. The number of benzene rings is 1. The van der Waals surface area contributed by atoms with Gasteiger partial charge in [0.15, 0.2) is 0 Å². The van der Waals surface area contributed by atoms with Gasteiger partial charge in [0.25, 0.3) is 5.56 Å². The molecule has 1 aromatic heterocycles. The fraction of sp³-hybridized carbons (Fsp3) is 0.235. The van der Waals surface area contributed by atoms with Crippen molar-refractivity contribution in [1.29, 1.82) is 0 Å². The van der Waals surface area contributed by atoms with Crippen LogP contribution < -0.4 is 10.3 Å². The maximum absolute atomic E-state index is 14.4. The van der Waals surface area contributed by atoms with E-state index in [1.165, 1.54) is 6.07 Å². The SMILES string of the molecule is CC#CCOc1ccc(-c2ccc(I)c(=O)n2CC)c(F)c1. The van der Waals surface area contributed by atoms with E-state index >= 15 is 0 Å². The van der Waals surface area contributed by atoms with Crippen LogP contribution in [-0.4, -0.2) is 11.2 Å². The normalized spacial score (nSPS) is 10.0. The van der Waals surface area contributed by atoms with E-state index in [2.05, 4.69) is 11.8 Å². The average Bonchev–Trinajstić information content (AvgIpc) is 2.51. The van der Waals surface area contributed by atoms with Gasteiger partial charge in [0.2, 0.25) is 0 Å². The third-order valence-corrected chi connectivity index (χ3v) is 3.97. The van der Waals surface area contributed by atoms with E-state index in [0.29, 0.717) is 27.1 Å². The molecule has 3 nitrogen and oxygen atoms in total. The fourth-order valence-corrected chi connectivity index (χ4v) is 2.56. The van der Waals surface area contributed by atoms with Gasteiger partial charge < -0.3 is 9.30 Å². The van der Waals surface area contributed by atoms with E-state index in [1.54, 1.807) is 35.8 Å². The standard InChI is InChI=1S/C17H15FINO2/c1-3-5-10-22-12-6-7-13(14(18)11-12)16-9-8-15(19)17(21)20(16)4-2/h6-9,11H,4,10H2,1-2H3. The van der Waals surface area contributed by atoms with Gasteiger partial charge in [0, 0.05) is 18.2 Å². The quantitative estimate of drug-likeness (QED) is 0.568. The largest absolute Gasteiger partial charge is 0.481 e. The van der Waals surface area contributed by atoms with Gasteiger partial charge in [0.1, 0.15) is 18.2 Å². The summed E-state index contributed by atoms with van der Waals surface area (Å²) in [6.45, 7) is 4.28. The lowest BCUT2D eigenvalue weighted by molar-refractivity contribution is 0.368. The van der Waals surface area contributed by atoms with Crippen LogP contribution in [-0.2, 0) is 6.54 Å². The number of halogens is 2. The molecular formula is C17H15FINO2. The Morgan fingerprint density at radius 1 is 1.32 bits per heavy atom. The molecule has 0 unspecified atom stereocenters. The van der Waals surface area contributed by atoms with E-state index < -0.39 is 5.82 Å². The topological polar surface area (TPSA) is 31.2 Å². The van der Waals surface area contributed by atoms with Crippen LogP contribution in [0.15, 0.2) is 35.1 Å². The molecule has 0 fully saturated rings. The van der Waals surface area contributed by atoms with Crippen molar-refractivity contribution in [1.82, 2.24) is 4.57 Å². The van der Waals surface area contributed by atoms with Crippen molar-refractivity contribution >= 4 is 22.6 Å². The molecule has 0 aliphatic heterocycles. The molecule has 0 saturated heterocycles. The highest BCUT2D eigenvalue weighted by Gasteiger charge is 2.12. The summed E-state index contributed by atoms with van der Waals surface area (Å²) < 4.78 is 21.9. The lowest BCUT2D eigenvalue weighted by Crippen LogP contribution is -2.23. The molecule has 0 radical (unpaired) electrons. The van der Waals surface area contributed by atoms with Crippen LogP contribution in [0.5, 0.6) is 5.75 Å². The Labute approximate surface area is 142 Å². The second-order valence-corrected chi connectivity index (χ2v) is 5.64. The Morgan fingerprint density at radius 2 is 2.09 bits per heavy atom. The third kappa shape index (κ3) is 3.50. The highest BCUT2D eigenvalue weighted by atomic mass is 127. The van der Waals surface area contributed by atoms with E-state index in [4.69, 9.17) is 4.74 Å². The van der Waals surface area contributed by atoms with Crippen molar-refractivity contribution < 1.29 is 9.13 Å². The molecule has 0 N–H and O–H groups in total. The second-order valence-electron chi connectivity index (χ2n) is 4.47. The minimum absolute atomic E-state index is 0.112. The predicted octanol–water partition coefficient (Wildman–Crippen LogP) is 3.68. The van der Waals surface area contributed by atoms with Crippen LogP contribution in [0.1, 0.15) is 13.8 Å². The summed E-state index contributed by atoms with van der Waals surface area (Å²) in [6.07, 6.45) is 0. The summed E-state index contributed by atoms with van der Waals surface area (Å²) in [7, 11) is 0. The van der Waals surface area contributed by atoms with Gasteiger partial charge in [-0.05, 0) is 60.7 Å². The number of ether oxygens (including phenoxy) is 1. The molecule has 2 aromatic rings. The minimum atomic E-state index is -0.426. The van der Waals surface area contributed by atoms with Crippen LogP contribution >= 0.6 is 22.6 Å². The average molecular weight is 411 g/mol. The number of aromatic nitrogens is 1. The molecule has 22 heavy (non-hydrogen) atoms. The summed E-state index contributed by atoms with van der Waals surface area (Å²) >= 11 is 1.98. The number of pyridine rings is 1. The van der Waals surface area contributed by atoms with Crippen molar-refractivity contribution in [3.8, 4) is 28.8 Å². The Morgan fingerprint density at radius 3 is 2.73 bits per heavy atom. The fourth-order valence-electron chi connectivity index (χ4n) is 2.09. The van der Waals surface area contributed by atoms with Crippen molar-refractivity contribution in [2.75, 3.05) is 6.61 Å². The second kappa shape index (κ2) is 7.45. The Hall–Kier alpha value is -1.81. The van der Waals surface area contributed by atoms with E-state index in [0.717, 1.165) is 0 Å². The molecular weight excluding hydrogens is 396 g/mol. The van der Waals surface area contributed by atoms with E-state index in [-0.39, 0.29) is 12.2 Å². The monoisotopic (exact) mass is 411 g/mol. The van der Waals surface area contributed by atoms with Crippen LogP contribution in [0.4, 0.5) is 4.39 Å². The van der Waals surface area contributed by atoms with Gasteiger partial charge >= 0.3 is 0 Å². The number of hydrogen-bond acceptors (Lipinski definition) is 2. The third-order valence-electron chi connectivity index (χ3n) is 3.15. The van der Waals surface area contributed by atoms with Gasteiger partial charge in [-0.25, -0.2) is 4.39 Å². The van der Waals surface area contributed by atoms with E-state index in [9.17, 15) is 9.18 Å². The lowest BCUT2D eigenvalue weighted by atomic mass is 10.1. The molecule has 0 atom stereocenters. The van der Waals surface area contributed by atoms with Crippen LogP contribution in [0.3, 0.4) is 0 Å². The first-order chi connectivity index (χ1) is 10.6. The van der Waals surface area contributed by atoms with Gasteiger partial charge in [-0.1, -0.05) is 5.92 Å². The first-order valence-electron chi connectivity index (χ1n) is 6.80. The Kier molecular flexibility index (Phi) is 5.61. The molecule has 5 heteroatoms. The molecule has 114 valence electrons. The number of rotatable bonds is 4. The van der Waals surface area contributed by atoms with Gasteiger partial charge in [-0.2, -0.15) is 0 Å².